The molecule has 0 bridgehead atoms. The molecule has 1 aliphatic carbocycles. The van der Waals surface area contributed by atoms with Gasteiger partial charge < -0.3 is 5.32 Å². The van der Waals surface area contributed by atoms with E-state index in [1.54, 1.807) is 5.38 Å². The van der Waals surface area contributed by atoms with Crippen LogP contribution in [0.5, 0.6) is 0 Å². The van der Waals surface area contributed by atoms with Crippen molar-refractivity contribution >= 4 is 29.0 Å². The first kappa shape index (κ1) is 19.5. The summed E-state index contributed by atoms with van der Waals surface area (Å²) in [7, 11) is 0. The lowest BCUT2D eigenvalue weighted by Crippen LogP contribution is -2.45. The minimum Gasteiger partial charge on any atom is -0.352 e. The van der Waals surface area contributed by atoms with Crippen LogP contribution in [0.15, 0.2) is 29.6 Å². The second-order valence-corrected chi connectivity index (χ2v) is 7.94. The number of hydrogen-bond donors (Lipinski definition) is 1. The van der Waals surface area contributed by atoms with E-state index in [1.807, 2.05) is 24.3 Å². The molecule has 1 aromatic carbocycles. The maximum atomic E-state index is 12.9. The van der Waals surface area contributed by atoms with E-state index in [1.165, 1.54) is 16.9 Å². The Morgan fingerprint density at radius 2 is 1.89 bits per heavy atom. The van der Waals surface area contributed by atoms with Gasteiger partial charge in [-0.3, -0.25) is 14.5 Å². The smallest absolute Gasteiger partial charge is 0.280 e. The van der Waals surface area contributed by atoms with Crippen molar-refractivity contribution in [2.45, 2.75) is 57.9 Å². The van der Waals surface area contributed by atoms with Crippen LogP contribution in [-0.2, 0) is 4.79 Å². The second-order valence-electron chi connectivity index (χ2n) is 7.33. The Bertz CT molecular complexity index is 753. The Labute approximate surface area is 164 Å². The SMILES string of the molecule is CC(C)c1ccc(N(CC(=O)NC2CCCCC2)C(=O)c2csnn2)cc1. The summed E-state index contributed by atoms with van der Waals surface area (Å²) in [5.74, 6) is -0.0354. The van der Waals surface area contributed by atoms with Gasteiger partial charge in [0.2, 0.25) is 5.91 Å². The fraction of sp³-hybridized carbons (Fsp3) is 0.500. The zero-order chi connectivity index (χ0) is 19.2. The molecule has 1 fully saturated rings. The third-order valence-corrected chi connectivity index (χ3v) is 5.47. The Morgan fingerprint density at radius 1 is 1.19 bits per heavy atom. The third kappa shape index (κ3) is 5.13. The molecule has 1 aromatic heterocycles. The van der Waals surface area contributed by atoms with Crippen LogP contribution in [0.4, 0.5) is 5.69 Å². The van der Waals surface area contributed by atoms with Crippen LogP contribution in [0.3, 0.4) is 0 Å². The molecule has 6 nitrogen and oxygen atoms in total. The van der Waals surface area contributed by atoms with Gasteiger partial charge in [-0.1, -0.05) is 49.7 Å². The summed E-state index contributed by atoms with van der Waals surface area (Å²) in [5, 5.41) is 8.57. The number of hydrogen-bond acceptors (Lipinski definition) is 5. The summed E-state index contributed by atoms with van der Waals surface area (Å²) in [6.45, 7) is 4.22. The number of carbonyl (C=O) groups is 2. The number of anilines is 1. The summed E-state index contributed by atoms with van der Waals surface area (Å²) in [6, 6.07) is 7.99. The Balaban J connectivity index is 1.76. The van der Waals surface area contributed by atoms with Crippen LogP contribution in [-0.4, -0.2) is 34.0 Å². The molecule has 0 spiro atoms. The molecule has 0 atom stereocenters. The van der Waals surface area contributed by atoms with E-state index in [-0.39, 0.29) is 30.1 Å². The minimum atomic E-state index is -0.306. The molecule has 1 heterocycles. The zero-order valence-electron chi connectivity index (χ0n) is 15.9. The largest absolute Gasteiger partial charge is 0.352 e. The molecule has 0 radical (unpaired) electrons. The van der Waals surface area contributed by atoms with Gasteiger partial charge >= 0.3 is 0 Å². The van der Waals surface area contributed by atoms with Crippen LogP contribution >= 0.6 is 11.5 Å². The first-order chi connectivity index (χ1) is 13.0. The van der Waals surface area contributed by atoms with Crippen molar-refractivity contribution in [3.63, 3.8) is 0 Å². The van der Waals surface area contributed by atoms with Gasteiger partial charge in [0.1, 0.15) is 6.54 Å². The van der Waals surface area contributed by atoms with Crippen LogP contribution in [0.1, 0.15) is 67.9 Å². The van der Waals surface area contributed by atoms with Gasteiger partial charge in [-0.25, -0.2) is 0 Å². The third-order valence-electron chi connectivity index (χ3n) is 4.97. The lowest BCUT2D eigenvalue weighted by Gasteiger charge is -2.26. The van der Waals surface area contributed by atoms with Crippen molar-refractivity contribution in [3.8, 4) is 0 Å². The van der Waals surface area contributed by atoms with Crippen molar-refractivity contribution in [1.29, 1.82) is 0 Å². The maximum Gasteiger partial charge on any atom is 0.280 e. The van der Waals surface area contributed by atoms with E-state index in [0.29, 0.717) is 11.6 Å². The summed E-state index contributed by atoms with van der Waals surface area (Å²) in [5.41, 5.74) is 2.14. The Kier molecular flexibility index (Phi) is 6.55. The molecule has 0 aliphatic heterocycles. The highest BCUT2D eigenvalue weighted by Crippen LogP contribution is 2.22. The molecular formula is C20H26N4O2S. The molecule has 0 unspecified atom stereocenters. The van der Waals surface area contributed by atoms with E-state index >= 15 is 0 Å². The summed E-state index contributed by atoms with van der Waals surface area (Å²) < 4.78 is 3.77. The molecule has 144 valence electrons. The van der Waals surface area contributed by atoms with Gasteiger partial charge in [-0.05, 0) is 48.0 Å². The molecule has 2 amide bonds. The van der Waals surface area contributed by atoms with E-state index in [4.69, 9.17) is 0 Å². The van der Waals surface area contributed by atoms with Crippen molar-refractivity contribution < 1.29 is 9.59 Å². The fourth-order valence-electron chi connectivity index (χ4n) is 3.38. The maximum absolute atomic E-state index is 12.9. The second kappa shape index (κ2) is 9.08. The minimum absolute atomic E-state index is 0.0200. The van der Waals surface area contributed by atoms with E-state index < -0.39 is 0 Å². The van der Waals surface area contributed by atoms with E-state index in [0.717, 1.165) is 37.2 Å². The number of rotatable bonds is 6. The highest BCUT2D eigenvalue weighted by atomic mass is 32.1. The topological polar surface area (TPSA) is 75.2 Å². The zero-order valence-corrected chi connectivity index (χ0v) is 16.7. The number of carbonyl (C=O) groups excluding carboxylic acids is 2. The van der Waals surface area contributed by atoms with Crippen LogP contribution in [0, 0.1) is 0 Å². The van der Waals surface area contributed by atoms with Crippen molar-refractivity contribution in [2.75, 3.05) is 11.4 Å². The summed E-state index contributed by atoms with van der Waals surface area (Å²) in [6.07, 6.45) is 5.55. The quantitative estimate of drug-likeness (QED) is 0.820. The number of nitrogens with one attached hydrogen (secondary N) is 1. The fourth-order valence-corrected chi connectivity index (χ4v) is 3.81. The molecule has 1 aliphatic rings. The monoisotopic (exact) mass is 386 g/mol. The molecule has 7 heteroatoms. The lowest BCUT2D eigenvalue weighted by atomic mass is 9.95. The van der Waals surface area contributed by atoms with Crippen molar-refractivity contribution in [1.82, 2.24) is 14.9 Å². The van der Waals surface area contributed by atoms with Gasteiger partial charge in [-0.15, -0.1) is 5.10 Å². The average molecular weight is 387 g/mol. The van der Waals surface area contributed by atoms with E-state index in [2.05, 4.69) is 28.8 Å². The van der Waals surface area contributed by atoms with Crippen molar-refractivity contribution in [3.05, 3.63) is 40.9 Å². The van der Waals surface area contributed by atoms with Gasteiger partial charge in [-0.2, -0.15) is 0 Å². The molecule has 27 heavy (non-hydrogen) atoms. The van der Waals surface area contributed by atoms with Crippen molar-refractivity contribution in [2.24, 2.45) is 0 Å². The normalized spacial score (nSPS) is 14.9. The van der Waals surface area contributed by atoms with Gasteiger partial charge in [0, 0.05) is 17.1 Å². The highest BCUT2D eigenvalue weighted by molar-refractivity contribution is 7.03. The average Bonchev–Trinajstić information content (AvgIpc) is 3.21. The predicted molar refractivity (Wildman–Crippen MR) is 107 cm³/mol. The number of aromatic nitrogens is 2. The lowest BCUT2D eigenvalue weighted by molar-refractivity contribution is -0.120. The summed E-state index contributed by atoms with van der Waals surface area (Å²) >= 11 is 1.13. The molecule has 1 N–H and O–H groups in total. The molecule has 1 saturated carbocycles. The standard InChI is InChI=1S/C20H26N4O2S/c1-14(2)15-8-10-17(11-9-15)24(20(26)18-13-27-23-22-18)12-19(25)21-16-6-4-3-5-7-16/h8-11,13-14,16H,3-7,12H2,1-2H3,(H,21,25). The molecule has 2 aromatic rings. The van der Waals surface area contributed by atoms with Crippen LogP contribution in [0.2, 0.25) is 0 Å². The van der Waals surface area contributed by atoms with Crippen LogP contribution in [0.25, 0.3) is 0 Å². The van der Waals surface area contributed by atoms with Gasteiger partial charge in [0.25, 0.3) is 5.91 Å². The number of benzene rings is 1. The predicted octanol–water partition coefficient (Wildman–Crippen LogP) is 3.76. The first-order valence-corrected chi connectivity index (χ1v) is 10.4. The summed E-state index contributed by atoms with van der Waals surface area (Å²) in [4.78, 5) is 27.0. The molecule has 0 saturated heterocycles. The molecular weight excluding hydrogens is 360 g/mol. The number of amides is 2. The first-order valence-electron chi connectivity index (χ1n) is 9.53. The Morgan fingerprint density at radius 3 is 2.48 bits per heavy atom. The van der Waals surface area contributed by atoms with Gasteiger partial charge in [0.15, 0.2) is 5.69 Å². The van der Waals surface area contributed by atoms with E-state index in [9.17, 15) is 9.59 Å². The highest BCUT2D eigenvalue weighted by Gasteiger charge is 2.24. The molecule has 3 rings (SSSR count). The van der Waals surface area contributed by atoms with Crippen LogP contribution < -0.4 is 10.2 Å². The van der Waals surface area contributed by atoms with Gasteiger partial charge in [0.05, 0.1) is 0 Å². The Hall–Kier alpha value is -2.28. The number of nitrogens with zero attached hydrogens (tertiary/aromatic N) is 3.